The Bertz CT molecular complexity index is 482. The van der Waals surface area contributed by atoms with Gasteiger partial charge >= 0.3 is 0 Å². The Kier molecular flexibility index (Phi) is 4.17. The van der Waals surface area contributed by atoms with Crippen LogP contribution in [0.25, 0.3) is 0 Å². The molecule has 18 heavy (non-hydrogen) atoms. The second-order valence-corrected chi connectivity index (χ2v) is 4.08. The van der Waals surface area contributed by atoms with Crippen molar-refractivity contribution in [2.75, 3.05) is 19.0 Å². The predicted octanol–water partition coefficient (Wildman–Crippen LogP) is 2.10. The number of hydrogen-bond acceptors (Lipinski definition) is 4. The Labute approximate surface area is 107 Å². The fourth-order valence-corrected chi connectivity index (χ4v) is 1.74. The van der Waals surface area contributed by atoms with Gasteiger partial charge in [-0.05, 0) is 25.5 Å². The summed E-state index contributed by atoms with van der Waals surface area (Å²) in [5.41, 5.74) is 1.97. The number of aromatic nitrogens is 3. The van der Waals surface area contributed by atoms with E-state index in [9.17, 15) is 0 Å². The van der Waals surface area contributed by atoms with Crippen LogP contribution in [0.3, 0.4) is 0 Å². The predicted molar refractivity (Wildman–Crippen MR) is 70.9 cm³/mol. The van der Waals surface area contributed by atoms with Gasteiger partial charge in [0.15, 0.2) is 5.75 Å². The van der Waals surface area contributed by atoms with Crippen molar-refractivity contribution in [1.82, 2.24) is 14.8 Å². The van der Waals surface area contributed by atoms with Crippen LogP contribution >= 0.6 is 0 Å². The van der Waals surface area contributed by atoms with E-state index in [1.807, 2.05) is 29.9 Å². The summed E-state index contributed by atoms with van der Waals surface area (Å²) in [6.07, 6.45) is 6.51. The Balaban J connectivity index is 1.84. The summed E-state index contributed by atoms with van der Waals surface area (Å²) in [7, 11) is 1.65. The van der Waals surface area contributed by atoms with E-state index < -0.39 is 0 Å². The number of nitrogens with one attached hydrogen (secondary N) is 1. The van der Waals surface area contributed by atoms with E-state index in [4.69, 9.17) is 4.74 Å². The molecule has 0 aliphatic heterocycles. The first-order valence-corrected chi connectivity index (χ1v) is 6.01. The van der Waals surface area contributed by atoms with E-state index in [2.05, 4.69) is 15.4 Å². The van der Waals surface area contributed by atoms with E-state index in [1.165, 1.54) is 0 Å². The minimum atomic E-state index is 0.777. The van der Waals surface area contributed by atoms with Crippen LogP contribution in [-0.4, -0.2) is 28.4 Å². The summed E-state index contributed by atoms with van der Waals surface area (Å²) in [4.78, 5) is 4.20. The van der Waals surface area contributed by atoms with Gasteiger partial charge in [-0.3, -0.25) is 9.67 Å². The highest BCUT2D eigenvalue weighted by Gasteiger charge is 2.02. The van der Waals surface area contributed by atoms with Crippen molar-refractivity contribution in [2.45, 2.75) is 19.9 Å². The van der Waals surface area contributed by atoms with Crippen LogP contribution in [0.4, 0.5) is 5.69 Å². The first kappa shape index (κ1) is 12.4. The van der Waals surface area contributed by atoms with Crippen molar-refractivity contribution in [2.24, 2.45) is 0 Å². The van der Waals surface area contributed by atoms with Crippen LogP contribution in [0, 0.1) is 6.92 Å². The van der Waals surface area contributed by atoms with Gasteiger partial charge in [0.05, 0.1) is 19.0 Å². The summed E-state index contributed by atoms with van der Waals surface area (Å²) in [6.45, 7) is 3.75. The van der Waals surface area contributed by atoms with Gasteiger partial charge in [0.25, 0.3) is 0 Å². The van der Waals surface area contributed by atoms with Crippen LogP contribution in [0.15, 0.2) is 30.7 Å². The van der Waals surface area contributed by atoms with E-state index in [0.717, 1.165) is 36.6 Å². The number of nitrogens with zero attached hydrogens (tertiary/aromatic N) is 3. The van der Waals surface area contributed by atoms with Crippen LogP contribution in [-0.2, 0) is 6.54 Å². The summed E-state index contributed by atoms with van der Waals surface area (Å²) in [5, 5.41) is 7.52. The van der Waals surface area contributed by atoms with Gasteiger partial charge in [-0.2, -0.15) is 5.10 Å². The summed E-state index contributed by atoms with van der Waals surface area (Å²) in [6, 6.07) is 3.93. The molecular weight excluding hydrogens is 228 g/mol. The molecule has 5 heteroatoms. The molecule has 2 rings (SSSR count). The standard InChI is InChI=1S/C13H18N4O/c1-11-9-12(13(18-2)10-15-11)14-5-3-7-17-8-4-6-16-17/h4,6,8-10H,3,5,7H2,1-2H3,(H,14,15). The average molecular weight is 246 g/mol. The van der Waals surface area contributed by atoms with Crippen LogP contribution in [0.5, 0.6) is 5.75 Å². The molecule has 0 saturated carbocycles. The lowest BCUT2D eigenvalue weighted by Gasteiger charge is -2.11. The molecule has 1 N–H and O–H groups in total. The van der Waals surface area contributed by atoms with Gasteiger partial charge in [0.2, 0.25) is 0 Å². The minimum Gasteiger partial charge on any atom is -0.493 e. The maximum atomic E-state index is 5.26. The lowest BCUT2D eigenvalue weighted by molar-refractivity contribution is 0.414. The number of rotatable bonds is 6. The summed E-state index contributed by atoms with van der Waals surface area (Å²) in [5.74, 6) is 0.777. The number of pyridine rings is 1. The molecular formula is C13H18N4O. The van der Waals surface area contributed by atoms with Crippen molar-refractivity contribution < 1.29 is 4.74 Å². The fraction of sp³-hybridized carbons (Fsp3) is 0.385. The maximum absolute atomic E-state index is 5.26. The normalized spacial score (nSPS) is 10.3. The molecule has 0 aromatic carbocycles. The number of aryl methyl sites for hydroxylation is 2. The quantitative estimate of drug-likeness (QED) is 0.793. The number of methoxy groups -OCH3 is 1. The molecule has 5 nitrogen and oxygen atoms in total. The molecule has 2 aromatic heterocycles. The first-order chi connectivity index (χ1) is 8.79. The summed E-state index contributed by atoms with van der Waals surface area (Å²) < 4.78 is 7.19. The average Bonchev–Trinajstić information content (AvgIpc) is 2.88. The monoisotopic (exact) mass is 246 g/mol. The second kappa shape index (κ2) is 6.05. The van der Waals surface area contributed by atoms with E-state index in [0.29, 0.717) is 0 Å². The van der Waals surface area contributed by atoms with Crippen LogP contribution in [0.1, 0.15) is 12.1 Å². The lowest BCUT2D eigenvalue weighted by Crippen LogP contribution is -2.08. The molecule has 0 aliphatic carbocycles. The first-order valence-electron chi connectivity index (χ1n) is 6.01. The molecule has 96 valence electrons. The Morgan fingerprint density at radius 2 is 2.33 bits per heavy atom. The molecule has 0 bridgehead atoms. The number of hydrogen-bond donors (Lipinski definition) is 1. The van der Waals surface area contributed by atoms with E-state index in [1.54, 1.807) is 19.5 Å². The van der Waals surface area contributed by atoms with Gasteiger partial charge in [-0.15, -0.1) is 0 Å². The zero-order chi connectivity index (χ0) is 12.8. The Morgan fingerprint density at radius 3 is 3.06 bits per heavy atom. The number of ether oxygens (including phenoxy) is 1. The van der Waals surface area contributed by atoms with Gasteiger partial charge in [0.1, 0.15) is 0 Å². The van der Waals surface area contributed by atoms with Crippen LogP contribution < -0.4 is 10.1 Å². The number of anilines is 1. The third kappa shape index (κ3) is 3.23. The van der Waals surface area contributed by atoms with Crippen LogP contribution in [0.2, 0.25) is 0 Å². The smallest absolute Gasteiger partial charge is 0.160 e. The summed E-state index contributed by atoms with van der Waals surface area (Å²) >= 11 is 0. The zero-order valence-corrected chi connectivity index (χ0v) is 10.8. The van der Waals surface area contributed by atoms with Gasteiger partial charge in [-0.1, -0.05) is 0 Å². The molecule has 0 radical (unpaired) electrons. The van der Waals surface area contributed by atoms with Crippen molar-refractivity contribution in [3.63, 3.8) is 0 Å². The van der Waals surface area contributed by atoms with Gasteiger partial charge in [0, 0.05) is 31.2 Å². The molecule has 2 heterocycles. The highest BCUT2D eigenvalue weighted by Crippen LogP contribution is 2.23. The second-order valence-electron chi connectivity index (χ2n) is 4.08. The third-order valence-electron chi connectivity index (χ3n) is 2.66. The van der Waals surface area contributed by atoms with Gasteiger partial charge < -0.3 is 10.1 Å². The highest BCUT2D eigenvalue weighted by molar-refractivity contribution is 5.55. The van der Waals surface area contributed by atoms with Gasteiger partial charge in [-0.25, -0.2) is 0 Å². The molecule has 0 unspecified atom stereocenters. The molecule has 0 spiro atoms. The SMILES string of the molecule is COc1cnc(C)cc1NCCCn1cccn1. The Hall–Kier alpha value is -2.04. The molecule has 2 aromatic rings. The minimum absolute atomic E-state index is 0.777. The Morgan fingerprint density at radius 1 is 1.44 bits per heavy atom. The fourth-order valence-electron chi connectivity index (χ4n) is 1.74. The molecule has 0 atom stereocenters. The van der Waals surface area contributed by atoms with Crippen molar-refractivity contribution in [3.8, 4) is 5.75 Å². The molecule has 0 aliphatic rings. The van der Waals surface area contributed by atoms with E-state index in [-0.39, 0.29) is 0 Å². The molecule has 0 amide bonds. The van der Waals surface area contributed by atoms with Crippen molar-refractivity contribution in [3.05, 3.63) is 36.4 Å². The zero-order valence-electron chi connectivity index (χ0n) is 10.8. The maximum Gasteiger partial charge on any atom is 0.160 e. The van der Waals surface area contributed by atoms with Crippen molar-refractivity contribution >= 4 is 5.69 Å². The molecule has 0 fully saturated rings. The largest absolute Gasteiger partial charge is 0.493 e. The topological polar surface area (TPSA) is 52.0 Å². The van der Waals surface area contributed by atoms with E-state index >= 15 is 0 Å². The molecule has 0 saturated heterocycles. The van der Waals surface area contributed by atoms with Crippen molar-refractivity contribution in [1.29, 1.82) is 0 Å². The lowest BCUT2D eigenvalue weighted by atomic mass is 10.3. The third-order valence-corrected chi connectivity index (χ3v) is 2.66. The highest BCUT2D eigenvalue weighted by atomic mass is 16.5.